The van der Waals surface area contributed by atoms with Gasteiger partial charge in [0.15, 0.2) is 11.6 Å². The largest absolute Gasteiger partial charge is 0.307 e. The first-order chi connectivity index (χ1) is 8.63. The lowest BCUT2D eigenvalue weighted by atomic mass is 10.3. The first kappa shape index (κ1) is 12.7. The summed E-state index contributed by atoms with van der Waals surface area (Å²) in [4.78, 5) is 0. The van der Waals surface area contributed by atoms with Gasteiger partial charge < -0.3 is 5.32 Å². The number of aryl methyl sites for hydroxylation is 2. The number of nitrogens with zero attached hydrogens (tertiary/aromatic N) is 6. The van der Waals surface area contributed by atoms with Crippen LogP contribution in [0, 0.1) is 6.92 Å². The maximum absolute atomic E-state index is 4.39. The molecule has 0 aliphatic carbocycles. The molecule has 0 fully saturated rings. The molecule has 0 amide bonds. The van der Waals surface area contributed by atoms with Gasteiger partial charge in [-0.1, -0.05) is 6.92 Å². The second kappa shape index (κ2) is 5.26. The van der Waals surface area contributed by atoms with Crippen LogP contribution in [0.25, 0.3) is 5.82 Å². The van der Waals surface area contributed by atoms with Crippen LogP contribution in [0.5, 0.6) is 0 Å². The molecule has 1 atom stereocenters. The predicted octanol–water partition coefficient (Wildman–Crippen LogP) is 0.765. The molecule has 0 bridgehead atoms. The second-order valence-corrected chi connectivity index (χ2v) is 4.39. The van der Waals surface area contributed by atoms with Gasteiger partial charge >= 0.3 is 0 Å². The SMILES string of the molecule is CCCNC(C)c1nnnn1-c1cc(C)n(C)n1. The third-order valence-electron chi connectivity index (χ3n) is 2.90. The van der Waals surface area contributed by atoms with Crippen molar-refractivity contribution < 1.29 is 0 Å². The summed E-state index contributed by atoms with van der Waals surface area (Å²) in [6, 6.07) is 2.06. The van der Waals surface area contributed by atoms with Gasteiger partial charge in [-0.15, -0.1) is 5.10 Å². The molecule has 1 N–H and O–H groups in total. The van der Waals surface area contributed by atoms with Gasteiger partial charge in [0.1, 0.15) is 0 Å². The summed E-state index contributed by atoms with van der Waals surface area (Å²) in [5, 5.41) is 19.6. The van der Waals surface area contributed by atoms with E-state index in [0.29, 0.717) is 0 Å². The van der Waals surface area contributed by atoms with Crippen LogP contribution < -0.4 is 5.32 Å². The molecular formula is C11H19N7. The third kappa shape index (κ3) is 2.40. The van der Waals surface area contributed by atoms with Crippen LogP contribution in [-0.4, -0.2) is 36.5 Å². The van der Waals surface area contributed by atoms with Gasteiger partial charge in [0.2, 0.25) is 0 Å². The minimum Gasteiger partial charge on any atom is -0.307 e. The Balaban J connectivity index is 2.27. The average molecular weight is 249 g/mol. The van der Waals surface area contributed by atoms with E-state index < -0.39 is 0 Å². The molecule has 0 aromatic carbocycles. The lowest BCUT2D eigenvalue weighted by molar-refractivity contribution is 0.528. The van der Waals surface area contributed by atoms with Gasteiger partial charge in [-0.2, -0.15) is 9.78 Å². The molecule has 0 spiro atoms. The Hall–Kier alpha value is -1.76. The standard InChI is InChI=1S/C11H19N7/c1-5-6-12-9(3)11-13-15-16-18(11)10-7-8(2)17(4)14-10/h7,9,12H,5-6H2,1-4H3. The van der Waals surface area contributed by atoms with Gasteiger partial charge in [0.05, 0.1) is 6.04 Å². The van der Waals surface area contributed by atoms with E-state index in [4.69, 9.17) is 0 Å². The fourth-order valence-corrected chi connectivity index (χ4v) is 1.72. The molecule has 18 heavy (non-hydrogen) atoms. The smallest absolute Gasteiger partial charge is 0.179 e. The topological polar surface area (TPSA) is 73.5 Å². The van der Waals surface area contributed by atoms with Crippen molar-refractivity contribution in [2.45, 2.75) is 33.2 Å². The van der Waals surface area contributed by atoms with Crippen molar-refractivity contribution in [2.24, 2.45) is 7.05 Å². The highest BCUT2D eigenvalue weighted by Gasteiger charge is 2.17. The molecule has 0 radical (unpaired) electrons. The van der Waals surface area contributed by atoms with E-state index in [1.54, 1.807) is 4.68 Å². The van der Waals surface area contributed by atoms with E-state index in [0.717, 1.165) is 30.3 Å². The van der Waals surface area contributed by atoms with Crippen LogP contribution in [0.3, 0.4) is 0 Å². The molecule has 2 heterocycles. The highest BCUT2D eigenvalue weighted by Crippen LogP contribution is 2.13. The van der Waals surface area contributed by atoms with Crippen molar-refractivity contribution in [3.05, 3.63) is 17.6 Å². The zero-order valence-corrected chi connectivity index (χ0v) is 11.3. The summed E-state index contributed by atoms with van der Waals surface area (Å²) in [6.07, 6.45) is 1.08. The summed E-state index contributed by atoms with van der Waals surface area (Å²) in [5.74, 6) is 1.53. The Labute approximate surface area is 106 Å². The molecule has 0 aliphatic rings. The monoisotopic (exact) mass is 249 g/mol. The van der Waals surface area contributed by atoms with Crippen LogP contribution >= 0.6 is 0 Å². The maximum atomic E-state index is 4.39. The molecule has 7 heteroatoms. The quantitative estimate of drug-likeness (QED) is 0.847. The molecule has 98 valence electrons. The molecule has 7 nitrogen and oxygen atoms in total. The van der Waals surface area contributed by atoms with E-state index in [-0.39, 0.29) is 6.04 Å². The number of nitrogens with one attached hydrogen (secondary N) is 1. The Bertz CT molecular complexity index is 494. The van der Waals surface area contributed by atoms with E-state index in [1.807, 2.05) is 31.6 Å². The first-order valence-electron chi connectivity index (χ1n) is 6.16. The molecule has 2 aromatic rings. The van der Waals surface area contributed by atoms with Crippen molar-refractivity contribution in [3.8, 4) is 5.82 Å². The zero-order chi connectivity index (χ0) is 13.1. The van der Waals surface area contributed by atoms with Crippen molar-refractivity contribution in [1.82, 2.24) is 35.3 Å². The third-order valence-corrected chi connectivity index (χ3v) is 2.90. The number of tetrazole rings is 1. The van der Waals surface area contributed by atoms with Crippen molar-refractivity contribution in [1.29, 1.82) is 0 Å². The van der Waals surface area contributed by atoms with E-state index in [2.05, 4.69) is 32.9 Å². The molecule has 0 aliphatic heterocycles. The van der Waals surface area contributed by atoms with E-state index >= 15 is 0 Å². The summed E-state index contributed by atoms with van der Waals surface area (Å²) in [6.45, 7) is 7.12. The molecule has 1 unspecified atom stereocenters. The second-order valence-electron chi connectivity index (χ2n) is 4.39. The molecule has 2 rings (SSSR count). The number of hydrogen-bond donors (Lipinski definition) is 1. The summed E-state index contributed by atoms with van der Waals surface area (Å²) in [7, 11) is 1.90. The van der Waals surface area contributed by atoms with Gasteiger partial charge in [-0.05, 0) is 37.2 Å². The van der Waals surface area contributed by atoms with Crippen LogP contribution in [0.1, 0.15) is 37.8 Å². The zero-order valence-electron chi connectivity index (χ0n) is 11.3. The Morgan fingerprint density at radius 1 is 1.44 bits per heavy atom. The summed E-state index contributed by atoms with van der Waals surface area (Å²) < 4.78 is 3.49. The number of aromatic nitrogens is 6. The Morgan fingerprint density at radius 3 is 2.83 bits per heavy atom. The highest BCUT2D eigenvalue weighted by atomic mass is 15.6. The fraction of sp³-hybridized carbons (Fsp3) is 0.636. The summed E-state index contributed by atoms with van der Waals surface area (Å²) in [5.41, 5.74) is 1.07. The average Bonchev–Trinajstić information content (AvgIpc) is 2.94. The van der Waals surface area contributed by atoms with Crippen LogP contribution in [0.15, 0.2) is 6.07 Å². The first-order valence-corrected chi connectivity index (χ1v) is 6.16. The molecule has 2 aromatic heterocycles. The van der Waals surface area contributed by atoms with Crippen LogP contribution in [0.2, 0.25) is 0 Å². The van der Waals surface area contributed by atoms with Crippen LogP contribution in [0.4, 0.5) is 0 Å². The minimum absolute atomic E-state index is 0.0993. The van der Waals surface area contributed by atoms with E-state index in [9.17, 15) is 0 Å². The molecular weight excluding hydrogens is 230 g/mol. The number of rotatable bonds is 5. The van der Waals surface area contributed by atoms with Crippen molar-refractivity contribution in [3.63, 3.8) is 0 Å². The summed E-state index contributed by atoms with van der Waals surface area (Å²) >= 11 is 0. The Kier molecular flexibility index (Phi) is 3.71. The fourth-order valence-electron chi connectivity index (χ4n) is 1.72. The lowest BCUT2D eigenvalue weighted by Crippen LogP contribution is -2.23. The van der Waals surface area contributed by atoms with Crippen molar-refractivity contribution in [2.75, 3.05) is 6.54 Å². The number of hydrogen-bond acceptors (Lipinski definition) is 5. The van der Waals surface area contributed by atoms with Gasteiger partial charge in [-0.3, -0.25) is 4.68 Å². The van der Waals surface area contributed by atoms with Gasteiger partial charge in [0, 0.05) is 18.8 Å². The molecule has 0 saturated heterocycles. The lowest BCUT2D eigenvalue weighted by Gasteiger charge is -2.11. The molecule has 0 saturated carbocycles. The van der Waals surface area contributed by atoms with Crippen molar-refractivity contribution >= 4 is 0 Å². The van der Waals surface area contributed by atoms with E-state index in [1.165, 1.54) is 0 Å². The van der Waals surface area contributed by atoms with Crippen LogP contribution in [-0.2, 0) is 7.05 Å². The Morgan fingerprint density at radius 2 is 2.22 bits per heavy atom. The van der Waals surface area contributed by atoms with Gasteiger partial charge in [-0.25, -0.2) is 0 Å². The highest BCUT2D eigenvalue weighted by molar-refractivity contribution is 5.24. The van der Waals surface area contributed by atoms with Gasteiger partial charge in [0.25, 0.3) is 0 Å². The normalized spacial score (nSPS) is 12.9. The predicted molar refractivity (Wildman–Crippen MR) is 67.4 cm³/mol. The minimum atomic E-state index is 0.0993. The maximum Gasteiger partial charge on any atom is 0.179 e.